The molecular weight excluding hydrogens is 316 g/mol. The molecule has 0 aliphatic rings. The molecule has 0 fully saturated rings. The van der Waals surface area contributed by atoms with Gasteiger partial charge in [0.05, 0.1) is 27.2 Å². The van der Waals surface area contributed by atoms with Crippen molar-refractivity contribution >= 4 is 33.0 Å². The lowest BCUT2D eigenvalue weighted by atomic mass is 10.3. The van der Waals surface area contributed by atoms with Crippen LogP contribution < -0.4 is 4.74 Å². The van der Waals surface area contributed by atoms with Gasteiger partial charge in [0.15, 0.2) is 11.5 Å². The van der Waals surface area contributed by atoms with Gasteiger partial charge < -0.3 is 4.74 Å². The Morgan fingerprint density at radius 2 is 2.33 bits per heavy atom. The predicted octanol–water partition coefficient (Wildman–Crippen LogP) is 3.38. The fraction of sp³-hybridized carbons (Fsp3) is 0.333. The van der Waals surface area contributed by atoms with Crippen molar-refractivity contribution < 1.29 is 9.53 Å². The summed E-state index contributed by atoms with van der Waals surface area (Å²) in [6, 6.07) is 3.68. The van der Waals surface area contributed by atoms with Gasteiger partial charge in [-0.25, -0.2) is 0 Å². The molecule has 18 heavy (non-hydrogen) atoms. The monoisotopic (exact) mass is 328 g/mol. The Balaban J connectivity index is 2.01. The zero-order valence-electron chi connectivity index (χ0n) is 10.1. The maximum Gasteiger partial charge on any atom is 0.194 e. The van der Waals surface area contributed by atoms with Crippen LogP contribution in [0.5, 0.6) is 5.75 Å². The number of nitrogens with zero attached hydrogens (tertiary/aromatic N) is 2. The Morgan fingerprint density at radius 3 is 2.94 bits per heavy atom. The van der Waals surface area contributed by atoms with Crippen molar-refractivity contribution in [3.63, 3.8) is 0 Å². The summed E-state index contributed by atoms with van der Waals surface area (Å²) >= 11 is 4.77. The molecule has 96 valence electrons. The molecule has 0 N–H and O–H groups in total. The highest BCUT2D eigenvalue weighted by molar-refractivity contribution is 9.11. The molecule has 2 aromatic heterocycles. The fourth-order valence-electron chi connectivity index (χ4n) is 1.45. The van der Waals surface area contributed by atoms with Gasteiger partial charge in [-0.15, -0.1) is 11.3 Å². The van der Waals surface area contributed by atoms with E-state index < -0.39 is 0 Å². The van der Waals surface area contributed by atoms with Crippen LogP contribution in [0.3, 0.4) is 0 Å². The fourth-order valence-corrected chi connectivity index (χ4v) is 2.77. The first kappa shape index (κ1) is 13.3. The number of ether oxygens (including phenoxy) is 1. The second-order valence-electron chi connectivity index (χ2n) is 4.07. The highest BCUT2D eigenvalue weighted by atomic mass is 79.9. The standard InChI is InChI=1S/C12H13BrN2O2S/c1-8(2)17-9-5-14-15(6-9)7-10(16)11-3-4-12(13)18-11/h3-6,8H,7H2,1-2H3. The zero-order chi connectivity index (χ0) is 13.1. The summed E-state index contributed by atoms with van der Waals surface area (Å²) in [5, 5.41) is 4.11. The first-order chi connectivity index (χ1) is 8.54. The van der Waals surface area contributed by atoms with Crippen LogP contribution in [0, 0.1) is 0 Å². The second kappa shape index (κ2) is 5.67. The molecule has 0 saturated heterocycles. The van der Waals surface area contributed by atoms with Gasteiger partial charge in [0, 0.05) is 0 Å². The number of aromatic nitrogens is 2. The predicted molar refractivity (Wildman–Crippen MR) is 74.3 cm³/mol. The van der Waals surface area contributed by atoms with E-state index in [1.807, 2.05) is 26.0 Å². The number of halogens is 1. The molecule has 2 rings (SSSR count). The maximum atomic E-state index is 11.9. The van der Waals surface area contributed by atoms with Gasteiger partial charge in [0.2, 0.25) is 0 Å². The molecule has 0 bridgehead atoms. The molecule has 0 radical (unpaired) electrons. The first-order valence-corrected chi connectivity index (χ1v) is 7.13. The molecule has 2 aromatic rings. The third-order valence-electron chi connectivity index (χ3n) is 2.13. The summed E-state index contributed by atoms with van der Waals surface area (Å²) in [5.41, 5.74) is 0. The van der Waals surface area contributed by atoms with Gasteiger partial charge in [0.25, 0.3) is 0 Å². The summed E-state index contributed by atoms with van der Waals surface area (Å²) in [4.78, 5) is 12.7. The van der Waals surface area contributed by atoms with Crippen molar-refractivity contribution in [2.24, 2.45) is 0 Å². The van der Waals surface area contributed by atoms with E-state index in [0.29, 0.717) is 5.75 Å². The van der Waals surface area contributed by atoms with E-state index in [9.17, 15) is 4.79 Å². The van der Waals surface area contributed by atoms with Crippen LogP contribution in [-0.2, 0) is 6.54 Å². The normalized spacial score (nSPS) is 10.9. The molecule has 0 spiro atoms. The van der Waals surface area contributed by atoms with E-state index in [1.165, 1.54) is 11.3 Å². The van der Waals surface area contributed by atoms with E-state index in [-0.39, 0.29) is 18.4 Å². The highest BCUT2D eigenvalue weighted by Crippen LogP contribution is 2.23. The number of Topliss-reactive ketones (excluding diaryl/α,β-unsaturated/α-hetero) is 1. The Kier molecular flexibility index (Phi) is 4.19. The lowest BCUT2D eigenvalue weighted by Gasteiger charge is -2.05. The Morgan fingerprint density at radius 1 is 1.56 bits per heavy atom. The molecule has 0 aliphatic carbocycles. The minimum atomic E-state index is 0.0462. The minimum Gasteiger partial charge on any atom is -0.488 e. The van der Waals surface area contributed by atoms with Gasteiger partial charge in [-0.1, -0.05) is 0 Å². The van der Waals surface area contributed by atoms with Crippen LogP contribution in [0.1, 0.15) is 23.5 Å². The molecule has 0 aromatic carbocycles. The van der Waals surface area contributed by atoms with E-state index in [0.717, 1.165) is 8.66 Å². The zero-order valence-corrected chi connectivity index (χ0v) is 12.5. The maximum absolute atomic E-state index is 11.9. The van der Waals surface area contributed by atoms with Crippen LogP contribution >= 0.6 is 27.3 Å². The topological polar surface area (TPSA) is 44.1 Å². The molecule has 0 saturated carbocycles. The molecule has 6 heteroatoms. The molecule has 0 unspecified atom stereocenters. The van der Waals surface area contributed by atoms with Crippen molar-refractivity contribution in [1.82, 2.24) is 9.78 Å². The molecule has 0 aliphatic heterocycles. The Bertz CT molecular complexity index is 548. The molecule has 4 nitrogen and oxygen atoms in total. The molecule has 0 atom stereocenters. The molecule has 0 amide bonds. The van der Waals surface area contributed by atoms with Crippen molar-refractivity contribution in [3.05, 3.63) is 33.2 Å². The van der Waals surface area contributed by atoms with E-state index in [2.05, 4.69) is 21.0 Å². The van der Waals surface area contributed by atoms with E-state index in [1.54, 1.807) is 17.1 Å². The molecular formula is C12H13BrN2O2S. The minimum absolute atomic E-state index is 0.0462. The average molecular weight is 329 g/mol. The number of ketones is 1. The molecule has 2 heterocycles. The summed E-state index contributed by atoms with van der Waals surface area (Å²) in [6.45, 7) is 4.13. The van der Waals surface area contributed by atoms with Crippen molar-refractivity contribution in [3.8, 4) is 5.75 Å². The quantitative estimate of drug-likeness (QED) is 0.790. The number of thiophene rings is 1. The Labute approximate surface area is 118 Å². The first-order valence-electron chi connectivity index (χ1n) is 5.52. The summed E-state index contributed by atoms with van der Waals surface area (Å²) in [7, 11) is 0. The third kappa shape index (κ3) is 3.43. The van der Waals surface area contributed by atoms with Crippen LogP contribution in [-0.4, -0.2) is 21.7 Å². The number of carbonyl (C=O) groups excluding carboxylic acids is 1. The lowest BCUT2D eigenvalue weighted by molar-refractivity contribution is 0.0971. The third-order valence-corrected chi connectivity index (χ3v) is 3.80. The van der Waals surface area contributed by atoms with E-state index >= 15 is 0 Å². The SMILES string of the molecule is CC(C)Oc1cnn(CC(=O)c2ccc(Br)s2)c1. The van der Waals surface area contributed by atoms with Gasteiger partial charge in [-0.05, 0) is 41.9 Å². The van der Waals surface area contributed by atoms with Crippen molar-refractivity contribution in [1.29, 1.82) is 0 Å². The van der Waals surface area contributed by atoms with Crippen molar-refractivity contribution in [2.75, 3.05) is 0 Å². The number of carbonyl (C=O) groups is 1. The number of hydrogen-bond acceptors (Lipinski definition) is 4. The van der Waals surface area contributed by atoms with Gasteiger partial charge >= 0.3 is 0 Å². The highest BCUT2D eigenvalue weighted by Gasteiger charge is 2.11. The van der Waals surface area contributed by atoms with Crippen LogP contribution in [0.2, 0.25) is 0 Å². The lowest BCUT2D eigenvalue weighted by Crippen LogP contribution is -2.09. The van der Waals surface area contributed by atoms with Crippen molar-refractivity contribution in [2.45, 2.75) is 26.5 Å². The smallest absolute Gasteiger partial charge is 0.194 e. The van der Waals surface area contributed by atoms with E-state index in [4.69, 9.17) is 4.74 Å². The largest absolute Gasteiger partial charge is 0.488 e. The van der Waals surface area contributed by atoms with Crippen LogP contribution in [0.25, 0.3) is 0 Å². The summed E-state index contributed by atoms with van der Waals surface area (Å²) in [6.07, 6.45) is 3.46. The van der Waals surface area contributed by atoms with Crippen LogP contribution in [0.15, 0.2) is 28.3 Å². The average Bonchev–Trinajstić information content (AvgIpc) is 2.87. The van der Waals surface area contributed by atoms with Gasteiger partial charge in [-0.2, -0.15) is 5.10 Å². The Hall–Kier alpha value is -1.14. The number of rotatable bonds is 5. The number of hydrogen-bond donors (Lipinski definition) is 0. The van der Waals surface area contributed by atoms with Crippen LogP contribution in [0.4, 0.5) is 0 Å². The summed E-state index contributed by atoms with van der Waals surface area (Å²) in [5.74, 6) is 0.732. The second-order valence-corrected chi connectivity index (χ2v) is 6.53. The van der Waals surface area contributed by atoms with Gasteiger partial charge in [-0.3, -0.25) is 9.48 Å². The summed E-state index contributed by atoms with van der Waals surface area (Å²) < 4.78 is 8.03. The van der Waals surface area contributed by atoms with Gasteiger partial charge in [0.1, 0.15) is 6.54 Å².